The molecule has 60 valence electrons. The van der Waals surface area contributed by atoms with E-state index < -0.39 is 0 Å². The Morgan fingerprint density at radius 3 is 2.64 bits per heavy atom. The summed E-state index contributed by atoms with van der Waals surface area (Å²) in [4.78, 5) is 0. The fraction of sp³-hybridized carbons (Fsp3) is 0.250. The number of hydrogen-bond acceptors (Lipinski definition) is 1. The molecule has 1 nitrogen and oxygen atoms in total. The van der Waals surface area contributed by atoms with Crippen LogP contribution in [0.3, 0.4) is 0 Å². The lowest BCUT2D eigenvalue weighted by Gasteiger charge is -2.00. The molecule has 0 aliphatic rings. The van der Waals surface area contributed by atoms with Gasteiger partial charge >= 0.3 is 0 Å². The van der Waals surface area contributed by atoms with Crippen molar-refractivity contribution in [2.24, 2.45) is 5.73 Å². The molecule has 0 saturated carbocycles. The van der Waals surface area contributed by atoms with Crippen LogP contribution in [0.1, 0.15) is 11.1 Å². The second-order valence-corrected chi connectivity index (χ2v) is 2.82. The quantitative estimate of drug-likeness (QED) is 0.756. The molecular formula is C8H9BrFN. The molecule has 0 spiro atoms. The lowest BCUT2D eigenvalue weighted by atomic mass is 10.1. The Hall–Kier alpha value is -0.410. The van der Waals surface area contributed by atoms with Gasteiger partial charge in [0.2, 0.25) is 0 Å². The summed E-state index contributed by atoms with van der Waals surface area (Å²) in [6.07, 6.45) is 0. The summed E-state index contributed by atoms with van der Waals surface area (Å²) in [5, 5.41) is 0.675. The van der Waals surface area contributed by atoms with Crippen LogP contribution in [-0.2, 0) is 11.9 Å². The van der Waals surface area contributed by atoms with Crippen molar-refractivity contribution in [1.82, 2.24) is 0 Å². The highest BCUT2D eigenvalue weighted by Gasteiger charge is 1.99. The topological polar surface area (TPSA) is 26.0 Å². The van der Waals surface area contributed by atoms with Crippen molar-refractivity contribution < 1.29 is 4.39 Å². The smallest absolute Gasteiger partial charge is 0.127 e. The van der Waals surface area contributed by atoms with Gasteiger partial charge in [0.15, 0.2) is 0 Å². The summed E-state index contributed by atoms with van der Waals surface area (Å²) in [6, 6.07) is 5.07. The van der Waals surface area contributed by atoms with Crippen molar-refractivity contribution in [3.05, 3.63) is 35.1 Å². The number of alkyl halides is 1. The minimum atomic E-state index is -0.218. The van der Waals surface area contributed by atoms with Gasteiger partial charge in [-0.3, -0.25) is 0 Å². The van der Waals surface area contributed by atoms with E-state index in [0.29, 0.717) is 10.9 Å². The minimum absolute atomic E-state index is 0.218. The molecule has 1 aromatic rings. The zero-order chi connectivity index (χ0) is 8.27. The SMILES string of the molecule is NCc1ccc(CBr)cc1F. The van der Waals surface area contributed by atoms with Crippen LogP contribution in [0.25, 0.3) is 0 Å². The summed E-state index contributed by atoms with van der Waals surface area (Å²) in [5.74, 6) is -0.218. The number of halogens is 2. The van der Waals surface area contributed by atoms with Crippen molar-refractivity contribution in [1.29, 1.82) is 0 Å². The molecule has 1 aromatic carbocycles. The number of benzene rings is 1. The first-order valence-corrected chi connectivity index (χ1v) is 4.43. The van der Waals surface area contributed by atoms with E-state index in [-0.39, 0.29) is 12.4 Å². The first kappa shape index (κ1) is 8.68. The maximum absolute atomic E-state index is 12.9. The number of hydrogen-bond donors (Lipinski definition) is 1. The van der Waals surface area contributed by atoms with Crippen LogP contribution in [0.4, 0.5) is 4.39 Å². The molecule has 0 radical (unpaired) electrons. The van der Waals surface area contributed by atoms with Gasteiger partial charge in [-0.15, -0.1) is 0 Å². The average molecular weight is 218 g/mol. The molecule has 3 heteroatoms. The zero-order valence-electron chi connectivity index (χ0n) is 5.98. The van der Waals surface area contributed by atoms with Gasteiger partial charge < -0.3 is 5.73 Å². The van der Waals surface area contributed by atoms with E-state index in [1.807, 2.05) is 6.07 Å². The molecule has 0 bridgehead atoms. The second kappa shape index (κ2) is 3.83. The van der Waals surface area contributed by atoms with E-state index in [0.717, 1.165) is 5.56 Å². The van der Waals surface area contributed by atoms with Crippen LogP contribution in [-0.4, -0.2) is 0 Å². The van der Waals surface area contributed by atoms with Crippen molar-refractivity contribution in [3.63, 3.8) is 0 Å². The third kappa shape index (κ3) is 2.01. The molecule has 0 heterocycles. The van der Waals surface area contributed by atoms with Crippen molar-refractivity contribution in [3.8, 4) is 0 Å². The largest absolute Gasteiger partial charge is 0.326 e. The Kier molecular flexibility index (Phi) is 3.02. The summed E-state index contributed by atoms with van der Waals surface area (Å²) in [6.45, 7) is 0.258. The van der Waals surface area contributed by atoms with E-state index in [1.54, 1.807) is 6.07 Å². The van der Waals surface area contributed by atoms with Crippen molar-refractivity contribution in [2.75, 3.05) is 0 Å². The Morgan fingerprint density at radius 1 is 1.45 bits per heavy atom. The molecule has 2 N–H and O–H groups in total. The van der Waals surface area contributed by atoms with E-state index in [1.165, 1.54) is 6.07 Å². The molecule has 11 heavy (non-hydrogen) atoms. The fourth-order valence-corrected chi connectivity index (χ4v) is 1.19. The normalized spacial score (nSPS) is 10.1. The summed E-state index contributed by atoms with van der Waals surface area (Å²) in [7, 11) is 0. The second-order valence-electron chi connectivity index (χ2n) is 2.26. The molecule has 0 aliphatic heterocycles. The predicted octanol–water partition coefficient (Wildman–Crippen LogP) is 2.18. The summed E-state index contributed by atoms with van der Waals surface area (Å²) >= 11 is 3.24. The van der Waals surface area contributed by atoms with Crippen LogP contribution in [0.5, 0.6) is 0 Å². The first-order chi connectivity index (χ1) is 5.27. The van der Waals surface area contributed by atoms with Crippen molar-refractivity contribution >= 4 is 15.9 Å². The molecule has 0 aromatic heterocycles. The van der Waals surface area contributed by atoms with Crippen LogP contribution in [0.2, 0.25) is 0 Å². The van der Waals surface area contributed by atoms with Gasteiger partial charge in [0.05, 0.1) is 0 Å². The molecule has 0 saturated heterocycles. The predicted molar refractivity (Wildman–Crippen MR) is 46.9 cm³/mol. The lowest BCUT2D eigenvalue weighted by molar-refractivity contribution is 0.609. The van der Waals surface area contributed by atoms with Crippen LogP contribution >= 0.6 is 15.9 Å². The van der Waals surface area contributed by atoms with Gasteiger partial charge in [-0.1, -0.05) is 28.1 Å². The Balaban J connectivity index is 2.99. The Bertz CT molecular complexity index is 250. The summed E-state index contributed by atoms with van der Waals surface area (Å²) in [5.41, 5.74) is 6.79. The standard InChI is InChI=1S/C8H9BrFN/c9-4-6-1-2-7(5-11)8(10)3-6/h1-3H,4-5,11H2. The molecule has 0 aliphatic carbocycles. The van der Waals surface area contributed by atoms with Gasteiger partial charge in [0.1, 0.15) is 5.82 Å². The molecule has 0 atom stereocenters. The van der Waals surface area contributed by atoms with Gasteiger partial charge in [-0.05, 0) is 11.6 Å². The van der Waals surface area contributed by atoms with Gasteiger partial charge in [-0.25, -0.2) is 4.39 Å². The average Bonchev–Trinajstić information content (AvgIpc) is 2.04. The van der Waals surface area contributed by atoms with Crippen molar-refractivity contribution in [2.45, 2.75) is 11.9 Å². The van der Waals surface area contributed by atoms with E-state index in [2.05, 4.69) is 15.9 Å². The number of rotatable bonds is 2. The third-order valence-corrected chi connectivity index (χ3v) is 2.14. The molecular weight excluding hydrogens is 209 g/mol. The monoisotopic (exact) mass is 217 g/mol. The highest BCUT2D eigenvalue weighted by molar-refractivity contribution is 9.08. The molecule has 1 rings (SSSR count). The number of nitrogens with two attached hydrogens (primary N) is 1. The molecule has 0 amide bonds. The maximum atomic E-state index is 12.9. The maximum Gasteiger partial charge on any atom is 0.127 e. The van der Waals surface area contributed by atoms with Gasteiger partial charge in [0, 0.05) is 17.4 Å². The lowest BCUT2D eigenvalue weighted by Crippen LogP contribution is -1.99. The molecule has 0 fully saturated rings. The third-order valence-electron chi connectivity index (χ3n) is 1.49. The molecule has 0 unspecified atom stereocenters. The fourth-order valence-electron chi connectivity index (χ4n) is 0.839. The van der Waals surface area contributed by atoms with E-state index in [9.17, 15) is 4.39 Å². The summed E-state index contributed by atoms with van der Waals surface area (Å²) < 4.78 is 12.9. The van der Waals surface area contributed by atoms with Crippen LogP contribution < -0.4 is 5.73 Å². The zero-order valence-corrected chi connectivity index (χ0v) is 7.57. The Morgan fingerprint density at radius 2 is 2.18 bits per heavy atom. The van der Waals surface area contributed by atoms with Crippen LogP contribution in [0, 0.1) is 5.82 Å². The van der Waals surface area contributed by atoms with E-state index >= 15 is 0 Å². The Labute approximate surface area is 73.5 Å². The van der Waals surface area contributed by atoms with E-state index in [4.69, 9.17) is 5.73 Å². The first-order valence-electron chi connectivity index (χ1n) is 3.31. The highest BCUT2D eigenvalue weighted by atomic mass is 79.9. The van der Waals surface area contributed by atoms with Crippen LogP contribution in [0.15, 0.2) is 18.2 Å². The van der Waals surface area contributed by atoms with Gasteiger partial charge in [0.25, 0.3) is 0 Å². The highest BCUT2D eigenvalue weighted by Crippen LogP contribution is 2.11. The minimum Gasteiger partial charge on any atom is -0.326 e. The van der Waals surface area contributed by atoms with Gasteiger partial charge in [-0.2, -0.15) is 0 Å².